The average molecular weight is 638 g/mol. The molecule has 1 aromatic carbocycles. The lowest BCUT2D eigenvalue weighted by molar-refractivity contribution is -0.127. The topological polar surface area (TPSA) is 92.4 Å². The second kappa shape index (κ2) is 10.8. The highest BCUT2D eigenvalue weighted by molar-refractivity contribution is 6.34. The van der Waals surface area contributed by atoms with Crippen LogP contribution >= 0.6 is 11.6 Å². The number of anilines is 2. The number of hydrogen-bond acceptors (Lipinski definition) is 8. The number of halogens is 6. The van der Waals surface area contributed by atoms with Crippen molar-refractivity contribution in [2.24, 2.45) is 0 Å². The van der Waals surface area contributed by atoms with Gasteiger partial charge in [0.1, 0.15) is 29.9 Å². The molecule has 0 amide bonds. The van der Waals surface area contributed by atoms with E-state index in [1.807, 2.05) is 0 Å². The standard InChI is InChI=1S/C30H33ClF5N7O/c1-15-7-22(37)39-25(20(15)10-30(34,35)36)23-21(31)8-19-26(24(23)33)40-28(41-27(19)42-12-17-3-4-18(13-42)38-17)44-14-29-5-2-6-43(29)11-16(32)9-29/h7-8,16-18,38H,2-6,9-14H2,1H3,(H2,37,39)/t16-,17?,18?,29+/m1/s1. The van der Waals surface area contributed by atoms with Crippen molar-refractivity contribution in [2.75, 3.05) is 43.4 Å². The molecule has 2 bridgehead atoms. The van der Waals surface area contributed by atoms with Gasteiger partial charge in [0.25, 0.3) is 0 Å². The highest BCUT2D eigenvalue weighted by atomic mass is 35.5. The van der Waals surface area contributed by atoms with Gasteiger partial charge in [0.2, 0.25) is 0 Å². The van der Waals surface area contributed by atoms with E-state index in [0.29, 0.717) is 37.3 Å². The summed E-state index contributed by atoms with van der Waals surface area (Å²) < 4.78 is 78.1. The minimum atomic E-state index is -4.58. The molecule has 4 atom stereocenters. The van der Waals surface area contributed by atoms with Gasteiger partial charge in [0, 0.05) is 43.5 Å². The van der Waals surface area contributed by atoms with Gasteiger partial charge in [-0.25, -0.2) is 13.8 Å². The highest BCUT2D eigenvalue weighted by Gasteiger charge is 2.49. The summed E-state index contributed by atoms with van der Waals surface area (Å²) >= 11 is 6.67. The molecule has 4 aliphatic heterocycles. The Morgan fingerprint density at radius 2 is 1.89 bits per heavy atom. The van der Waals surface area contributed by atoms with E-state index >= 15 is 4.39 Å². The van der Waals surface area contributed by atoms with E-state index < -0.39 is 30.1 Å². The Morgan fingerprint density at radius 1 is 1.14 bits per heavy atom. The molecular formula is C30H33ClF5N7O. The van der Waals surface area contributed by atoms with Gasteiger partial charge >= 0.3 is 12.2 Å². The van der Waals surface area contributed by atoms with Crippen molar-refractivity contribution in [3.63, 3.8) is 0 Å². The number of aromatic nitrogens is 3. The number of nitrogens with one attached hydrogen (secondary N) is 1. The van der Waals surface area contributed by atoms with Gasteiger partial charge < -0.3 is 20.7 Å². The van der Waals surface area contributed by atoms with Crippen molar-refractivity contribution in [1.82, 2.24) is 25.2 Å². The molecule has 14 heteroatoms. The van der Waals surface area contributed by atoms with Gasteiger partial charge in [-0.2, -0.15) is 23.1 Å². The van der Waals surface area contributed by atoms with Gasteiger partial charge in [0.15, 0.2) is 5.82 Å². The van der Waals surface area contributed by atoms with Crippen LogP contribution in [-0.2, 0) is 6.42 Å². The van der Waals surface area contributed by atoms with Crippen LogP contribution in [0.5, 0.6) is 6.01 Å². The molecule has 2 aromatic heterocycles. The lowest BCUT2D eigenvalue weighted by atomic mass is 9.95. The molecule has 0 radical (unpaired) electrons. The summed E-state index contributed by atoms with van der Waals surface area (Å²) in [7, 11) is 0. The number of alkyl halides is 4. The Labute approximate surface area is 256 Å². The number of fused-ring (bicyclic) bond motifs is 4. The molecule has 0 aliphatic carbocycles. The normalized spacial score (nSPS) is 27.0. The number of nitrogens with two attached hydrogens (primary N) is 1. The first-order valence-electron chi connectivity index (χ1n) is 14.9. The van der Waals surface area contributed by atoms with E-state index in [1.54, 1.807) is 0 Å². The Kier molecular flexibility index (Phi) is 7.28. The summed E-state index contributed by atoms with van der Waals surface area (Å²) in [5.74, 6) is -0.574. The lowest BCUT2D eigenvalue weighted by Gasteiger charge is -2.34. The van der Waals surface area contributed by atoms with E-state index in [2.05, 4.69) is 25.1 Å². The summed E-state index contributed by atoms with van der Waals surface area (Å²) in [5.41, 5.74) is 4.68. The SMILES string of the molecule is Cc1cc(N)nc(-c2c(Cl)cc3c(N4CC5CCC(C4)N5)nc(OC[C@@]45CCCN4C[C@H](F)C5)nc3c2F)c1CC(F)(F)F. The van der Waals surface area contributed by atoms with Crippen LogP contribution in [0, 0.1) is 12.7 Å². The summed E-state index contributed by atoms with van der Waals surface area (Å²) in [4.78, 5) is 17.5. The van der Waals surface area contributed by atoms with Crippen LogP contribution in [-0.4, -0.2) is 82.6 Å². The monoisotopic (exact) mass is 637 g/mol. The first kappa shape index (κ1) is 29.7. The predicted molar refractivity (Wildman–Crippen MR) is 157 cm³/mol. The van der Waals surface area contributed by atoms with Crippen LogP contribution in [0.2, 0.25) is 5.02 Å². The number of ether oxygens (including phenoxy) is 1. The first-order valence-corrected chi connectivity index (χ1v) is 15.3. The third-order valence-electron chi connectivity index (χ3n) is 9.57. The third-order valence-corrected chi connectivity index (χ3v) is 9.87. The molecule has 8 nitrogen and oxygen atoms in total. The number of hydrogen-bond donors (Lipinski definition) is 2. The maximum atomic E-state index is 16.7. The van der Waals surface area contributed by atoms with E-state index in [4.69, 9.17) is 27.1 Å². The largest absolute Gasteiger partial charge is 0.461 e. The van der Waals surface area contributed by atoms with Crippen LogP contribution in [0.3, 0.4) is 0 Å². The molecular weight excluding hydrogens is 605 g/mol. The summed E-state index contributed by atoms with van der Waals surface area (Å²) in [6.07, 6.45) is -2.84. The van der Waals surface area contributed by atoms with Crippen LogP contribution in [0.25, 0.3) is 22.2 Å². The number of aryl methyl sites for hydroxylation is 1. The van der Waals surface area contributed by atoms with Gasteiger partial charge in [0.05, 0.1) is 28.2 Å². The fourth-order valence-electron chi connectivity index (χ4n) is 7.66. The maximum absolute atomic E-state index is 16.7. The molecule has 0 spiro atoms. The van der Waals surface area contributed by atoms with Crippen LogP contribution in [0.1, 0.15) is 43.2 Å². The Balaban J connectivity index is 1.36. The highest BCUT2D eigenvalue weighted by Crippen LogP contribution is 2.43. The zero-order valence-corrected chi connectivity index (χ0v) is 24.9. The Bertz CT molecular complexity index is 1610. The van der Waals surface area contributed by atoms with Crippen LogP contribution < -0.4 is 20.7 Å². The number of nitrogens with zero attached hydrogens (tertiary/aromatic N) is 5. The fraction of sp³-hybridized carbons (Fsp3) is 0.567. The molecule has 44 heavy (non-hydrogen) atoms. The molecule has 3 aromatic rings. The second-order valence-electron chi connectivity index (χ2n) is 12.7. The number of pyridine rings is 1. The number of nitrogen functional groups attached to an aromatic ring is 1. The smallest absolute Gasteiger partial charge is 0.393 e. The fourth-order valence-corrected chi connectivity index (χ4v) is 7.94. The van der Waals surface area contributed by atoms with E-state index in [1.165, 1.54) is 19.1 Å². The van der Waals surface area contributed by atoms with Gasteiger partial charge in [-0.15, -0.1) is 0 Å². The van der Waals surface area contributed by atoms with Gasteiger partial charge in [-0.1, -0.05) is 11.6 Å². The molecule has 4 saturated heterocycles. The maximum Gasteiger partial charge on any atom is 0.393 e. The number of benzene rings is 1. The van der Waals surface area contributed by atoms with E-state index in [0.717, 1.165) is 32.2 Å². The third kappa shape index (κ3) is 5.30. The van der Waals surface area contributed by atoms with Crippen molar-refractivity contribution >= 4 is 34.1 Å². The molecule has 6 heterocycles. The van der Waals surface area contributed by atoms with Gasteiger partial charge in [-0.3, -0.25) is 4.90 Å². The molecule has 3 N–H and O–H groups in total. The quantitative estimate of drug-likeness (QED) is 0.349. The minimum Gasteiger partial charge on any atom is -0.461 e. The average Bonchev–Trinajstić information content (AvgIpc) is 3.59. The molecule has 4 fully saturated rings. The molecule has 7 rings (SSSR count). The zero-order valence-electron chi connectivity index (χ0n) is 24.2. The van der Waals surface area contributed by atoms with Crippen molar-refractivity contribution < 1.29 is 26.7 Å². The van der Waals surface area contributed by atoms with E-state index in [-0.39, 0.29) is 63.4 Å². The lowest BCUT2D eigenvalue weighted by Crippen LogP contribution is -2.51. The summed E-state index contributed by atoms with van der Waals surface area (Å²) in [6, 6.07) is 3.19. The second-order valence-corrected chi connectivity index (χ2v) is 13.1. The van der Waals surface area contributed by atoms with Gasteiger partial charge in [-0.05, 0) is 62.4 Å². The van der Waals surface area contributed by atoms with Crippen LogP contribution in [0.4, 0.5) is 33.6 Å². The number of rotatable bonds is 6. The Morgan fingerprint density at radius 3 is 2.61 bits per heavy atom. The summed E-state index contributed by atoms with van der Waals surface area (Å²) in [5, 5.41) is 3.74. The molecule has 4 aliphatic rings. The Hall–Kier alpha value is -3.03. The minimum absolute atomic E-state index is 0.0641. The van der Waals surface area contributed by atoms with Crippen molar-refractivity contribution in [1.29, 1.82) is 0 Å². The first-order chi connectivity index (χ1) is 20.9. The van der Waals surface area contributed by atoms with Crippen LogP contribution in [0.15, 0.2) is 12.1 Å². The number of piperazine rings is 1. The van der Waals surface area contributed by atoms with Crippen molar-refractivity contribution in [3.8, 4) is 17.3 Å². The summed E-state index contributed by atoms with van der Waals surface area (Å²) in [6.45, 7) is 3.97. The van der Waals surface area contributed by atoms with E-state index in [9.17, 15) is 17.6 Å². The molecule has 236 valence electrons. The van der Waals surface area contributed by atoms with Crippen molar-refractivity contribution in [3.05, 3.63) is 34.1 Å². The molecule has 0 saturated carbocycles. The predicted octanol–water partition coefficient (Wildman–Crippen LogP) is 5.38. The van der Waals surface area contributed by atoms with Crippen molar-refractivity contribution in [2.45, 2.75) is 75.4 Å². The zero-order chi connectivity index (χ0) is 31.0. The molecule has 2 unspecified atom stereocenters.